The second-order valence-corrected chi connectivity index (χ2v) is 6.69. The van der Waals surface area contributed by atoms with Crippen molar-refractivity contribution in [3.63, 3.8) is 0 Å². The topological polar surface area (TPSA) is 68.3 Å². The van der Waals surface area contributed by atoms with E-state index in [1.165, 1.54) is 18.3 Å². The van der Waals surface area contributed by atoms with Crippen LogP contribution >= 0.6 is 22.9 Å². The van der Waals surface area contributed by atoms with Gasteiger partial charge in [-0.15, -0.1) is 11.3 Å². The van der Waals surface area contributed by atoms with Crippen molar-refractivity contribution in [2.75, 3.05) is 5.32 Å². The van der Waals surface area contributed by atoms with Crippen LogP contribution in [0.4, 0.5) is 5.13 Å². The van der Waals surface area contributed by atoms with Gasteiger partial charge in [-0.25, -0.2) is 9.78 Å². The zero-order valence-electron chi connectivity index (χ0n) is 13.8. The molecular weight excluding hydrogens is 372 g/mol. The first kappa shape index (κ1) is 18.1. The number of aromatic nitrogens is 1. The molecule has 1 atom stereocenters. The fourth-order valence-electron chi connectivity index (χ4n) is 2.18. The van der Waals surface area contributed by atoms with Crippen LogP contribution in [0.3, 0.4) is 0 Å². The Kier molecular flexibility index (Phi) is 5.65. The summed E-state index contributed by atoms with van der Waals surface area (Å²) in [7, 11) is 0. The van der Waals surface area contributed by atoms with Crippen LogP contribution in [0.25, 0.3) is 11.3 Å². The lowest BCUT2D eigenvalue weighted by Crippen LogP contribution is -2.30. The van der Waals surface area contributed by atoms with E-state index in [9.17, 15) is 9.59 Å². The van der Waals surface area contributed by atoms with Crippen molar-refractivity contribution in [2.24, 2.45) is 0 Å². The molecule has 1 heterocycles. The Morgan fingerprint density at radius 3 is 2.54 bits per heavy atom. The largest absolute Gasteiger partial charge is 0.449 e. The van der Waals surface area contributed by atoms with Crippen LogP contribution < -0.4 is 5.32 Å². The monoisotopic (exact) mass is 386 g/mol. The zero-order valence-corrected chi connectivity index (χ0v) is 15.4. The van der Waals surface area contributed by atoms with E-state index in [0.717, 1.165) is 11.3 Å². The third-order valence-electron chi connectivity index (χ3n) is 3.55. The zero-order chi connectivity index (χ0) is 18.5. The smallest absolute Gasteiger partial charge is 0.340 e. The summed E-state index contributed by atoms with van der Waals surface area (Å²) in [6, 6.07) is 16.2. The van der Waals surface area contributed by atoms with E-state index in [-0.39, 0.29) is 10.6 Å². The molecule has 0 aliphatic rings. The number of esters is 1. The summed E-state index contributed by atoms with van der Waals surface area (Å²) in [4.78, 5) is 28.8. The molecule has 0 saturated carbocycles. The van der Waals surface area contributed by atoms with Crippen molar-refractivity contribution in [2.45, 2.75) is 13.0 Å². The molecule has 1 N–H and O–H groups in total. The fraction of sp³-hybridized carbons (Fsp3) is 0.105. The highest BCUT2D eigenvalue weighted by molar-refractivity contribution is 7.14. The average Bonchev–Trinajstić information content (AvgIpc) is 3.11. The molecule has 7 heteroatoms. The van der Waals surface area contributed by atoms with Crippen molar-refractivity contribution < 1.29 is 14.3 Å². The summed E-state index contributed by atoms with van der Waals surface area (Å²) >= 11 is 7.27. The molecule has 0 saturated heterocycles. The Morgan fingerprint density at radius 2 is 1.81 bits per heavy atom. The molecule has 0 aliphatic carbocycles. The van der Waals surface area contributed by atoms with E-state index in [0.29, 0.717) is 5.13 Å². The second-order valence-electron chi connectivity index (χ2n) is 5.42. The van der Waals surface area contributed by atoms with Crippen LogP contribution in [0.1, 0.15) is 17.3 Å². The summed E-state index contributed by atoms with van der Waals surface area (Å²) in [5.74, 6) is -1.11. The molecule has 0 fully saturated rings. The van der Waals surface area contributed by atoms with E-state index in [2.05, 4.69) is 10.3 Å². The molecule has 3 aromatic rings. The highest BCUT2D eigenvalue weighted by atomic mass is 35.5. The number of ether oxygens (including phenoxy) is 1. The van der Waals surface area contributed by atoms with E-state index >= 15 is 0 Å². The number of amides is 1. The van der Waals surface area contributed by atoms with E-state index < -0.39 is 18.0 Å². The van der Waals surface area contributed by atoms with Crippen LogP contribution in [-0.4, -0.2) is 23.0 Å². The van der Waals surface area contributed by atoms with Crippen LogP contribution in [-0.2, 0) is 9.53 Å². The lowest BCUT2D eigenvalue weighted by molar-refractivity contribution is -0.123. The van der Waals surface area contributed by atoms with Gasteiger partial charge in [-0.05, 0) is 19.1 Å². The van der Waals surface area contributed by atoms with E-state index in [4.69, 9.17) is 16.3 Å². The molecule has 3 rings (SSSR count). The summed E-state index contributed by atoms with van der Waals surface area (Å²) < 4.78 is 5.18. The summed E-state index contributed by atoms with van der Waals surface area (Å²) in [5, 5.41) is 5.23. The highest BCUT2D eigenvalue weighted by Gasteiger charge is 2.21. The van der Waals surface area contributed by atoms with Gasteiger partial charge in [0.05, 0.1) is 16.3 Å². The first-order valence-electron chi connectivity index (χ1n) is 7.82. The predicted octanol–water partition coefficient (Wildman–Crippen LogP) is 4.65. The number of thiazole rings is 1. The van der Waals surface area contributed by atoms with Crippen molar-refractivity contribution in [3.8, 4) is 11.3 Å². The molecule has 2 aromatic carbocycles. The minimum absolute atomic E-state index is 0.217. The first-order chi connectivity index (χ1) is 12.5. The maximum Gasteiger partial charge on any atom is 0.340 e. The molecule has 0 bridgehead atoms. The molecule has 0 radical (unpaired) electrons. The standard InChI is InChI=1S/C19H15ClN2O3S/c1-12(25-18(24)14-9-5-6-10-15(14)20)17(23)22-19-21-16(11-26-19)13-7-3-2-4-8-13/h2-12H,1H3,(H,21,22,23). The Labute approximate surface area is 159 Å². The number of halogens is 1. The van der Waals surface area contributed by atoms with Gasteiger partial charge < -0.3 is 4.74 Å². The van der Waals surface area contributed by atoms with Gasteiger partial charge in [-0.1, -0.05) is 54.1 Å². The van der Waals surface area contributed by atoms with Gasteiger partial charge >= 0.3 is 5.97 Å². The maximum atomic E-state index is 12.3. The molecule has 1 aromatic heterocycles. The van der Waals surface area contributed by atoms with Crippen molar-refractivity contribution in [3.05, 3.63) is 70.6 Å². The number of hydrogen-bond donors (Lipinski definition) is 1. The number of carbonyl (C=O) groups is 2. The SMILES string of the molecule is CC(OC(=O)c1ccccc1Cl)C(=O)Nc1nc(-c2ccccc2)cs1. The number of nitrogens with zero attached hydrogens (tertiary/aromatic N) is 1. The van der Waals surface area contributed by atoms with E-state index in [1.54, 1.807) is 24.3 Å². The second kappa shape index (κ2) is 8.12. The van der Waals surface area contributed by atoms with Gasteiger partial charge in [0.2, 0.25) is 0 Å². The van der Waals surface area contributed by atoms with Crippen LogP contribution in [0.2, 0.25) is 5.02 Å². The van der Waals surface area contributed by atoms with Gasteiger partial charge in [0, 0.05) is 10.9 Å². The molecule has 1 amide bonds. The predicted molar refractivity (Wildman–Crippen MR) is 103 cm³/mol. The van der Waals surface area contributed by atoms with Crippen molar-refractivity contribution in [1.29, 1.82) is 0 Å². The first-order valence-corrected chi connectivity index (χ1v) is 9.07. The summed E-state index contributed by atoms with van der Waals surface area (Å²) in [6.45, 7) is 1.50. The Hall–Kier alpha value is -2.70. The van der Waals surface area contributed by atoms with Crippen molar-refractivity contribution in [1.82, 2.24) is 4.98 Å². The fourth-order valence-corrected chi connectivity index (χ4v) is 3.12. The van der Waals surface area contributed by atoms with Crippen LogP contribution in [0.5, 0.6) is 0 Å². The van der Waals surface area contributed by atoms with Gasteiger partial charge in [0.25, 0.3) is 5.91 Å². The molecule has 1 unspecified atom stereocenters. The molecule has 5 nitrogen and oxygen atoms in total. The Morgan fingerprint density at radius 1 is 1.12 bits per heavy atom. The minimum Gasteiger partial charge on any atom is -0.449 e. The molecule has 132 valence electrons. The Bertz CT molecular complexity index is 927. The number of carbonyl (C=O) groups excluding carboxylic acids is 2. The average molecular weight is 387 g/mol. The normalized spacial score (nSPS) is 11.6. The molecule has 0 spiro atoms. The lowest BCUT2D eigenvalue weighted by Gasteiger charge is -2.12. The number of hydrogen-bond acceptors (Lipinski definition) is 5. The van der Waals surface area contributed by atoms with Gasteiger partial charge in [-0.3, -0.25) is 10.1 Å². The van der Waals surface area contributed by atoms with Crippen LogP contribution in [0.15, 0.2) is 60.0 Å². The molecular formula is C19H15ClN2O3S. The van der Waals surface area contributed by atoms with Gasteiger partial charge in [0.1, 0.15) is 0 Å². The summed E-state index contributed by atoms with van der Waals surface area (Å²) in [5.41, 5.74) is 1.95. The third-order valence-corrected chi connectivity index (χ3v) is 4.64. The number of rotatable bonds is 5. The van der Waals surface area contributed by atoms with E-state index in [1.807, 2.05) is 35.7 Å². The third kappa shape index (κ3) is 4.28. The quantitative estimate of drug-likeness (QED) is 0.648. The van der Waals surface area contributed by atoms with Crippen LogP contribution in [0, 0.1) is 0 Å². The molecule has 0 aliphatic heterocycles. The number of nitrogens with one attached hydrogen (secondary N) is 1. The lowest BCUT2D eigenvalue weighted by atomic mass is 10.2. The number of benzene rings is 2. The summed E-state index contributed by atoms with van der Waals surface area (Å²) in [6.07, 6.45) is -0.983. The van der Waals surface area contributed by atoms with Crippen molar-refractivity contribution >= 4 is 39.9 Å². The van der Waals surface area contributed by atoms with Gasteiger partial charge in [0.15, 0.2) is 11.2 Å². The highest BCUT2D eigenvalue weighted by Crippen LogP contribution is 2.25. The molecule has 26 heavy (non-hydrogen) atoms. The minimum atomic E-state index is -0.983. The van der Waals surface area contributed by atoms with Gasteiger partial charge in [-0.2, -0.15) is 0 Å². The number of anilines is 1. The Balaban J connectivity index is 1.62. The maximum absolute atomic E-state index is 12.3.